The van der Waals surface area contributed by atoms with Gasteiger partial charge in [0, 0.05) is 78.2 Å². The number of aliphatic hydroxyl groups is 13. The van der Waals surface area contributed by atoms with Crippen LogP contribution in [-0.4, -0.2) is 296 Å². The van der Waals surface area contributed by atoms with Gasteiger partial charge in [0.15, 0.2) is 30.9 Å². The van der Waals surface area contributed by atoms with Crippen molar-refractivity contribution in [3.05, 3.63) is 20.4 Å². The van der Waals surface area contributed by atoms with Crippen molar-refractivity contribution in [3.8, 4) is 5.75 Å². The summed E-state index contributed by atoms with van der Waals surface area (Å²) in [5, 5.41) is 154. The molecule has 1 aromatic rings. The quantitative estimate of drug-likeness (QED) is 0.0222. The van der Waals surface area contributed by atoms with Crippen LogP contribution in [0.25, 0.3) is 0 Å². The SMILES string of the molecule is CCOc1c(NCCNC(=O)CCCCCO[C@H]2O[C@H](C)[C@@H](NC(=O)[C@H](O)CCO)[C@H](O)[C@@H]2O[C@H]2O[C@H](C)[C@@H](NC(=O)[C@H](O)CCO)[C@H](O)[C@@H]2O[C@H]2O[C@H](C)[C@@H](NC(=O)[C@H](O)CCO)[C@H](O)[C@@H]2O[C@H]2O[C@H](C)[C@@H](NC(=O)[C@H](O)CCO)[C@H](O)[C@@H]2O)c(=O)c1=O. The minimum Gasteiger partial charge on any atom is -0.488 e. The van der Waals surface area contributed by atoms with Crippen LogP contribution in [0.4, 0.5) is 5.69 Å². The zero-order chi connectivity index (χ0) is 66.0. The average molecular weight is 1290 g/mol. The molecule has 0 radical (unpaired) electrons. The number of anilines is 1. The highest BCUT2D eigenvalue weighted by molar-refractivity contribution is 5.82. The largest absolute Gasteiger partial charge is 0.488 e. The monoisotopic (exact) mass is 1290 g/mol. The van der Waals surface area contributed by atoms with Crippen LogP contribution in [0.1, 0.15) is 86.0 Å². The molecule has 5 rings (SSSR count). The van der Waals surface area contributed by atoms with Gasteiger partial charge in [-0.2, -0.15) is 0 Å². The highest BCUT2D eigenvalue weighted by Crippen LogP contribution is 2.36. The molecule has 4 aliphatic heterocycles. The van der Waals surface area contributed by atoms with Gasteiger partial charge in [0.1, 0.15) is 78.9 Å². The molecule has 0 saturated carbocycles. The molecule has 0 aliphatic carbocycles. The van der Waals surface area contributed by atoms with Crippen molar-refractivity contribution in [1.29, 1.82) is 0 Å². The summed E-state index contributed by atoms with van der Waals surface area (Å²) in [4.78, 5) is 88.7. The van der Waals surface area contributed by atoms with Crippen molar-refractivity contribution >= 4 is 35.2 Å². The summed E-state index contributed by atoms with van der Waals surface area (Å²) in [6, 6.07) is -5.94. The Hall–Kier alpha value is -4.81. The molecular weight excluding hydrogens is 1200 g/mol. The molecule has 1 aromatic carbocycles. The number of nitrogens with one attached hydrogen (secondary N) is 6. The fourth-order valence-corrected chi connectivity index (χ4v) is 10.4. The van der Waals surface area contributed by atoms with Gasteiger partial charge in [-0.25, -0.2) is 0 Å². The van der Waals surface area contributed by atoms with E-state index < -0.39 is 227 Å². The van der Waals surface area contributed by atoms with Crippen molar-refractivity contribution < 1.29 is 133 Å². The third-order valence-electron chi connectivity index (χ3n) is 15.5. The molecule has 35 heteroatoms. The highest BCUT2D eigenvalue weighted by atomic mass is 16.8. The Morgan fingerprint density at radius 1 is 0.483 bits per heavy atom. The lowest BCUT2D eigenvalue weighted by Gasteiger charge is -2.51. The molecule has 5 amide bonds. The second-order valence-electron chi connectivity index (χ2n) is 22.1. The van der Waals surface area contributed by atoms with E-state index in [9.17, 15) is 99.9 Å². The zero-order valence-corrected chi connectivity index (χ0v) is 50.0. The van der Waals surface area contributed by atoms with Crippen molar-refractivity contribution in [2.45, 2.75) is 233 Å². The van der Waals surface area contributed by atoms with Crippen LogP contribution in [0.2, 0.25) is 0 Å². The first-order valence-electron chi connectivity index (χ1n) is 29.7. The van der Waals surface area contributed by atoms with Crippen LogP contribution in [0.5, 0.6) is 5.75 Å². The van der Waals surface area contributed by atoms with Gasteiger partial charge in [0.05, 0.1) is 55.2 Å². The van der Waals surface area contributed by atoms with Gasteiger partial charge >= 0.3 is 0 Å². The van der Waals surface area contributed by atoms with Crippen molar-refractivity contribution in [3.63, 3.8) is 0 Å². The smallest absolute Gasteiger partial charge is 0.272 e. The fraction of sp³-hybridized carbons (Fsp3) is 0.833. The van der Waals surface area contributed by atoms with Gasteiger partial charge in [0.25, 0.3) is 10.9 Å². The van der Waals surface area contributed by atoms with Crippen LogP contribution in [-0.2, 0) is 61.9 Å². The Morgan fingerprint density at radius 3 is 1.26 bits per heavy atom. The number of hydrogen-bond donors (Lipinski definition) is 19. The summed E-state index contributed by atoms with van der Waals surface area (Å²) < 4.78 is 55.0. The molecule has 510 valence electrons. The molecule has 0 bridgehead atoms. The Kier molecular flexibility index (Phi) is 30.2. The predicted octanol–water partition coefficient (Wildman–Crippen LogP) is -9.36. The third-order valence-corrected chi connectivity index (χ3v) is 15.5. The lowest BCUT2D eigenvalue weighted by atomic mass is 9.93. The summed E-state index contributed by atoms with van der Waals surface area (Å²) in [6.07, 6.45) is -36.1. The molecule has 89 heavy (non-hydrogen) atoms. The van der Waals surface area contributed by atoms with Crippen LogP contribution >= 0.6 is 0 Å². The molecule has 4 fully saturated rings. The zero-order valence-electron chi connectivity index (χ0n) is 50.0. The van der Waals surface area contributed by atoms with Crippen LogP contribution in [0.3, 0.4) is 0 Å². The summed E-state index contributed by atoms with van der Waals surface area (Å²) in [6.45, 7) is 4.99. The number of aliphatic hydroxyl groups excluding tert-OH is 13. The van der Waals surface area contributed by atoms with Crippen molar-refractivity contribution in [2.75, 3.05) is 58.0 Å². The maximum atomic E-state index is 13.3. The molecule has 0 aromatic heterocycles. The van der Waals surface area contributed by atoms with E-state index in [1.165, 1.54) is 27.7 Å². The summed E-state index contributed by atoms with van der Waals surface area (Å²) >= 11 is 0. The third kappa shape index (κ3) is 19.9. The number of ether oxygens (including phenoxy) is 9. The first-order chi connectivity index (χ1) is 42.2. The first kappa shape index (κ1) is 74.9. The Morgan fingerprint density at radius 2 is 0.854 bits per heavy atom. The number of carbonyl (C=O) groups excluding carboxylic acids is 5. The Balaban J connectivity index is 1.44. The molecule has 4 aliphatic rings. The van der Waals surface area contributed by atoms with E-state index >= 15 is 0 Å². The molecule has 24 atom stereocenters. The molecule has 4 saturated heterocycles. The molecule has 35 nitrogen and oxygen atoms in total. The molecule has 19 N–H and O–H groups in total. The maximum absolute atomic E-state index is 13.3. The fourth-order valence-electron chi connectivity index (χ4n) is 10.4. The van der Waals surface area contributed by atoms with Crippen molar-refractivity contribution in [1.82, 2.24) is 26.6 Å². The molecule has 4 heterocycles. The molecular formula is C54H90N6O29. The lowest BCUT2D eigenvalue weighted by molar-refractivity contribution is -0.388. The van der Waals surface area contributed by atoms with E-state index in [0.717, 1.165) is 0 Å². The van der Waals surface area contributed by atoms with Gasteiger partial charge in [-0.05, 0) is 47.5 Å². The van der Waals surface area contributed by atoms with Crippen LogP contribution in [0.15, 0.2) is 9.59 Å². The average Bonchev–Trinajstić information content (AvgIpc) is 0.960. The second kappa shape index (κ2) is 35.9. The maximum Gasteiger partial charge on any atom is 0.272 e. The van der Waals surface area contributed by atoms with Gasteiger partial charge in [0.2, 0.25) is 29.5 Å². The number of hydrogen-bond acceptors (Lipinski definition) is 30. The topological polar surface area (TPSA) is 538 Å². The summed E-state index contributed by atoms with van der Waals surface area (Å²) in [7, 11) is 0. The Labute approximate surface area is 510 Å². The number of unbranched alkanes of at least 4 members (excludes halogenated alkanes) is 2. The summed E-state index contributed by atoms with van der Waals surface area (Å²) in [5.41, 5.74) is -1.43. The Bertz CT molecular complexity index is 2460. The van der Waals surface area contributed by atoms with Gasteiger partial charge in [-0.15, -0.1) is 0 Å². The summed E-state index contributed by atoms with van der Waals surface area (Å²) in [5.74, 6) is -4.67. The molecule has 0 unspecified atom stereocenters. The van der Waals surface area contributed by atoms with Gasteiger partial charge < -0.3 is 141 Å². The van der Waals surface area contributed by atoms with Gasteiger partial charge in [-0.1, -0.05) is 6.42 Å². The minimum atomic E-state index is -2.11. The van der Waals surface area contributed by atoms with Crippen LogP contribution < -0.4 is 47.5 Å². The van der Waals surface area contributed by atoms with E-state index in [-0.39, 0.29) is 62.9 Å². The number of amides is 5. The van der Waals surface area contributed by atoms with E-state index in [0.29, 0.717) is 12.8 Å². The minimum absolute atomic E-state index is 0.0332. The van der Waals surface area contributed by atoms with E-state index in [2.05, 4.69) is 31.9 Å². The lowest BCUT2D eigenvalue weighted by Crippen LogP contribution is -2.71. The van der Waals surface area contributed by atoms with E-state index in [1.54, 1.807) is 6.92 Å². The standard InChI is InChI=1S/C54H90N6O29/c1-6-81-43-35(37(71)41(43)75)56-16-15-55-30(69)10-8-7-9-21-82-52-44(38(72)32(23(3)84-52)58-48(78)27(66)12-18-62)88-54-46(40(74)34(25(5)86-54)60-50(80)29(68)14-20-64)89-53-45(39(73)33(24(4)85-53)59-49(79)28(67)13-19-63)87-51-42(76)36(70)31(22(2)83-51)57-47(77)26(65)11-17-61/h22-29,31-34,36,38-40,42,44-46,51-54,56,61-68,70,72-74,76H,6-21H2,1-5H3,(H,55,69)(H,57,77)(H,58,78)(H,59,79)(H,60,80)/t22-,23-,24-,25-,26-,27-,28-,29-,31-,32-,33-,34-,36+,38+,39+,40+,42+,44+,45+,46+,51-,52+,53-,54-/m1/s1. The number of rotatable bonds is 35. The first-order valence-corrected chi connectivity index (χ1v) is 29.7. The van der Waals surface area contributed by atoms with Gasteiger partial charge in [-0.3, -0.25) is 33.6 Å². The van der Waals surface area contributed by atoms with Crippen molar-refractivity contribution in [2.24, 2.45) is 0 Å². The second-order valence-corrected chi connectivity index (χ2v) is 22.1. The predicted molar refractivity (Wildman–Crippen MR) is 299 cm³/mol. The van der Waals surface area contributed by atoms with Crippen LogP contribution in [0, 0.1) is 0 Å². The van der Waals surface area contributed by atoms with E-state index in [1.807, 2.05) is 0 Å². The number of carbonyl (C=O) groups is 5. The molecule has 0 spiro atoms. The normalized spacial score (nSPS) is 33.7. The highest BCUT2D eigenvalue weighted by Gasteiger charge is 2.56. The van der Waals surface area contributed by atoms with E-state index in [4.69, 9.17) is 42.6 Å².